The van der Waals surface area contributed by atoms with Gasteiger partial charge in [-0.3, -0.25) is 4.98 Å². The number of benzene rings is 1. The number of hydrogen-bond acceptors (Lipinski definition) is 3. The number of ether oxygens (including phenoxy) is 1. The van der Waals surface area contributed by atoms with E-state index in [4.69, 9.17) is 4.74 Å². The van der Waals surface area contributed by atoms with Crippen LogP contribution in [0.15, 0.2) is 42.7 Å². The first-order valence-corrected chi connectivity index (χ1v) is 15.0. The van der Waals surface area contributed by atoms with Gasteiger partial charge in [0.05, 0.1) is 0 Å². The minimum atomic E-state index is -0.445. The average Bonchev–Trinajstić information content (AvgIpc) is 3.23. The van der Waals surface area contributed by atoms with Crippen LogP contribution in [0.4, 0.5) is 4.79 Å². The van der Waals surface area contributed by atoms with Gasteiger partial charge in [-0.05, 0) is 135 Å². The minimum absolute atomic E-state index is 0.165. The Labute approximate surface area is 229 Å². The summed E-state index contributed by atoms with van der Waals surface area (Å²) in [6.07, 6.45) is 16.3. The molecule has 6 rings (SSSR count). The molecule has 1 aromatic heterocycles. The summed E-state index contributed by atoms with van der Waals surface area (Å²) in [5, 5.41) is 2.51. The van der Waals surface area contributed by atoms with E-state index in [-0.39, 0.29) is 11.5 Å². The third kappa shape index (κ3) is 4.18. The summed E-state index contributed by atoms with van der Waals surface area (Å²) >= 11 is 0. The number of amides is 1. The van der Waals surface area contributed by atoms with Crippen LogP contribution in [0.1, 0.15) is 91.5 Å². The van der Waals surface area contributed by atoms with Gasteiger partial charge in [0.15, 0.2) is 0 Å². The van der Waals surface area contributed by atoms with E-state index in [1.54, 1.807) is 5.57 Å². The molecule has 4 aliphatic carbocycles. The van der Waals surface area contributed by atoms with Gasteiger partial charge in [0.2, 0.25) is 0 Å². The zero-order valence-corrected chi connectivity index (χ0v) is 24.3. The molecule has 3 saturated carbocycles. The third-order valence-electron chi connectivity index (χ3n) is 11.4. The fraction of sp³-hybridized carbons (Fsp3) is 0.647. The van der Waals surface area contributed by atoms with Crippen LogP contribution in [0.5, 0.6) is 0 Å². The number of allylic oxidation sites excluding steroid dienone is 2. The van der Waals surface area contributed by atoms with E-state index in [0.29, 0.717) is 17.4 Å². The molecule has 4 aliphatic rings. The molecule has 0 spiro atoms. The van der Waals surface area contributed by atoms with Crippen molar-refractivity contribution in [3.63, 3.8) is 0 Å². The number of carbonyl (C=O) groups is 1. The molecule has 38 heavy (non-hydrogen) atoms. The minimum Gasteiger partial charge on any atom is -0.444 e. The summed E-state index contributed by atoms with van der Waals surface area (Å²) in [7, 11) is 1.95. The van der Waals surface area contributed by atoms with Crippen LogP contribution in [0, 0.1) is 34.5 Å². The molecule has 4 heteroatoms. The van der Waals surface area contributed by atoms with Crippen molar-refractivity contribution in [2.45, 2.75) is 97.6 Å². The van der Waals surface area contributed by atoms with Gasteiger partial charge in [-0.25, -0.2) is 4.79 Å². The van der Waals surface area contributed by atoms with Crippen LogP contribution in [0.2, 0.25) is 0 Å². The van der Waals surface area contributed by atoms with E-state index in [2.05, 4.69) is 49.2 Å². The second-order valence-electron chi connectivity index (χ2n) is 14.4. The summed E-state index contributed by atoms with van der Waals surface area (Å²) in [5.74, 6) is 3.08. The van der Waals surface area contributed by atoms with Crippen molar-refractivity contribution in [1.82, 2.24) is 9.88 Å². The Bertz CT molecular complexity index is 1260. The summed E-state index contributed by atoms with van der Waals surface area (Å²) < 4.78 is 5.71. The zero-order chi connectivity index (χ0) is 26.9. The normalized spacial score (nSPS) is 36.6. The van der Waals surface area contributed by atoms with E-state index in [9.17, 15) is 4.79 Å². The van der Waals surface area contributed by atoms with Crippen molar-refractivity contribution >= 4 is 22.4 Å². The standard InChI is InChI=1S/C34H46N2O2/c1-32(2,3)38-31(37)36(6)26-13-16-33(4)25(20-26)9-10-27-29-12-11-28(34(29,5)17-14-30(27)33)23-8-7-22-15-18-35-21-24(22)19-23/h7-8,11,15,18-19,21,25-27,29-30H,9-10,12-14,16-17,20H2,1-6H3/t25?,26-,27-,29-,30-,33-,34+/m0/s1. The van der Waals surface area contributed by atoms with Crippen LogP contribution < -0.4 is 0 Å². The molecule has 1 amide bonds. The number of aromatic nitrogens is 1. The Morgan fingerprint density at radius 3 is 2.63 bits per heavy atom. The Kier molecular flexibility index (Phi) is 6.20. The van der Waals surface area contributed by atoms with Crippen molar-refractivity contribution in [3.8, 4) is 0 Å². The first-order chi connectivity index (χ1) is 18.0. The molecule has 1 unspecified atom stereocenters. The smallest absolute Gasteiger partial charge is 0.410 e. The number of fused-ring (bicyclic) bond motifs is 6. The summed E-state index contributed by atoms with van der Waals surface area (Å²) in [5.41, 5.74) is 3.21. The molecule has 0 aliphatic heterocycles. The fourth-order valence-corrected chi connectivity index (χ4v) is 9.34. The molecule has 2 aromatic rings. The van der Waals surface area contributed by atoms with Crippen molar-refractivity contribution in [1.29, 1.82) is 0 Å². The molecule has 1 aromatic carbocycles. The van der Waals surface area contributed by atoms with E-state index in [1.807, 2.05) is 45.1 Å². The van der Waals surface area contributed by atoms with E-state index in [0.717, 1.165) is 30.6 Å². The summed E-state index contributed by atoms with van der Waals surface area (Å²) in [6, 6.07) is 9.39. The zero-order valence-electron chi connectivity index (χ0n) is 24.3. The van der Waals surface area contributed by atoms with E-state index in [1.165, 1.54) is 54.9 Å². The van der Waals surface area contributed by atoms with Crippen LogP contribution in [-0.4, -0.2) is 34.7 Å². The predicted molar refractivity (Wildman–Crippen MR) is 155 cm³/mol. The lowest BCUT2D eigenvalue weighted by Gasteiger charge is -2.61. The third-order valence-corrected chi connectivity index (χ3v) is 11.4. The molecule has 0 radical (unpaired) electrons. The number of nitrogens with zero attached hydrogens (tertiary/aromatic N) is 2. The largest absolute Gasteiger partial charge is 0.444 e. The molecule has 0 N–H and O–H groups in total. The molecule has 4 nitrogen and oxygen atoms in total. The monoisotopic (exact) mass is 514 g/mol. The van der Waals surface area contributed by atoms with Crippen molar-refractivity contribution in [3.05, 3.63) is 48.3 Å². The van der Waals surface area contributed by atoms with Crippen molar-refractivity contribution in [2.75, 3.05) is 7.05 Å². The van der Waals surface area contributed by atoms with E-state index < -0.39 is 5.60 Å². The highest BCUT2D eigenvalue weighted by atomic mass is 16.6. The lowest BCUT2D eigenvalue weighted by molar-refractivity contribution is -0.107. The van der Waals surface area contributed by atoms with Gasteiger partial charge in [-0.15, -0.1) is 0 Å². The number of carbonyl (C=O) groups excluding carboxylic acids is 1. The summed E-state index contributed by atoms with van der Waals surface area (Å²) in [4.78, 5) is 19.1. The molecule has 1 heterocycles. The van der Waals surface area contributed by atoms with Gasteiger partial charge in [0.1, 0.15) is 5.60 Å². The highest BCUT2D eigenvalue weighted by Gasteiger charge is 2.59. The first-order valence-electron chi connectivity index (χ1n) is 15.0. The second-order valence-corrected chi connectivity index (χ2v) is 14.4. The van der Waals surface area contributed by atoms with Gasteiger partial charge in [-0.1, -0.05) is 32.1 Å². The van der Waals surface area contributed by atoms with Crippen molar-refractivity contribution in [2.24, 2.45) is 34.5 Å². The maximum atomic E-state index is 12.8. The van der Waals surface area contributed by atoms with Crippen LogP contribution in [0.3, 0.4) is 0 Å². The highest BCUT2D eigenvalue weighted by Crippen LogP contribution is 2.67. The Morgan fingerprint density at radius 2 is 1.84 bits per heavy atom. The van der Waals surface area contributed by atoms with Gasteiger partial charge >= 0.3 is 6.09 Å². The van der Waals surface area contributed by atoms with Crippen molar-refractivity contribution < 1.29 is 9.53 Å². The van der Waals surface area contributed by atoms with Crippen LogP contribution in [0.25, 0.3) is 16.3 Å². The Balaban J connectivity index is 1.18. The Hall–Kier alpha value is -2.36. The SMILES string of the molecule is CN(C(=O)OC(C)(C)C)[C@H]1CC[C@@]2(C)C(CC[C@@H]3[C@@H]2CC[C@]2(C)C(c4ccc5ccncc5c4)=CC[C@@H]32)C1. The molecule has 3 fully saturated rings. The molecular weight excluding hydrogens is 468 g/mol. The molecule has 0 saturated heterocycles. The highest BCUT2D eigenvalue weighted by molar-refractivity contribution is 5.86. The predicted octanol–water partition coefficient (Wildman–Crippen LogP) is 8.51. The maximum Gasteiger partial charge on any atom is 0.410 e. The van der Waals surface area contributed by atoms with Crippen LogP contribution in [-0.2, 0) is 4.74 Å². The van der Waals surface area contributed by atoms with Gasteiger partial charge < -0.3 is 9.64 Å². The first kappa shape index (κ1) is 25.9. The molecular formula is C34H46N2O2. The molecule has 0 bridgehead atoms. The van der Waals surface area contributed by atoms with Gasteiger partial charge in [0.25, 0.3) is 0 Å². The topological polar surface area (TPSA) is 42.4 Å². The lowest BCUT2D eigenvalue weighted by atomic mass is 9.44. The lowest BCUT2D eigenvalue weighted by Crippen LogP contribution is -2.55. The van der Waals surface area contributed by atoms with Gasteiger partial charge in [0, 0.05) is 30.9 Å². The summed E-state index contributed by atoms with van der Waals surface area (Å²) in [6.45, 7) is 11.0. The van der Waals surface area contributed by atoms with Gasteiger partial charge in [-0.2, -0.15) is 0 Å². The average molecular weight is 515 g/mol. The number of hydrogen-bond donors (Lipinski definition) is 0. The number of rotatable bonds is 2. The molecule has 204 valence electrons. The fourth-order valence-electron chi connectivity index (χ4n) is 9.34. The van der Waals surface area contributed by atoms with E-state index >= 15 is 0 Å². The Morgan fingerprint density at radius 1 is 1.03 bits per heavy atom. The number of pyridine rings is 1. The quantitative estimate of drug-likeness (QED) is 0.403. The second kappa shape index (κ2) is 9.10. The van der Waals surface area contributed by atoms with Crippen LogP contribution >= 0.6 is 0 Å². The molecule has 7 atom stereocenters. The maximum absolute atomic E-state index is 12.8.